The normalized spacial score (nSPS) is 9.95. The van der Waals surface area contributed by atoms with Gasteiger partial charge in [0.05, 0.1) is 22.9 Å². The molecule has 1 aromatic carbocycles. The van der Waals surface area contributed by atoms with Crippen molar-refractivity contribution < 1.29 is 14.7 Å². The summed E-state index contributed by atoms with van der Waals surface area (Å²) < 4.78 is 0. The Hall–Kier alpha value is -2.67. The second kappa shape index (κ2) is 6.67. The molecule has 1 aromatic heterocycles. The number of carbonyl (C=O) groups excluding carboxylic acids is 1. The lowest BCUT2D eigenvalue weighted by molar-refractivity contribution is 0.0698. The van der Waals surface area contributed by atoms with E-state index in [4.69, 9.17) is 16.7 Å². The van der Waals surface area contributed by atoms with Crippen molar-refractivity contribution in [3.05, 3.63) is 53.1 Å². The van der Waals surface area contributed by atoms with Gasteiger partial charge in [-0.1, -0.05) is 17.7 Å². The standard InChI is InChI=1S/C13H11ClN4O3/c14-9-2-1-3-10(11(9)12(19)20)18-13(21)16-6-8-4-5-15-7-17-8/h1-5,7H,6H2,(H,19,20)(H2,16,18,21). The summed E-state index contributed by atoms with van der Waals surface area (Å²) in [6, 6.07) is 5.55. The number of rotatable bonds is 4. The van der Waals surface area contributed by atoms with Crippen LogP contribution in [-0.4, -0.2) is 27.1 Å². The number of carbonyl (C=O) groups is 2. The van der Waals surface area contributed by atoms with E-state index in [9.17, 15) is 9.59 Å². The minimum Gasteiger partial charge on any atom is -0.478 e. The quantitative estimate of drug-likeness (QED) is 0.803. The third kappa shape index (κ3) is 3.90. The van der Waals surface area contributed by atoms with Crippen molar-refractivity contribution in [3.63, 3.8) is 0 Å². The summed E-state index contributed by atoms with van der Waals surface area (Å²) in [5.74, 6) is -1.22. The van der Waals surface area contributed by atoms with E-state index in [0.717, 1.165) is 0 Å². The monoisotopic (exact) mass is 306 g/mol. The number of amides is 2. The molecule has 2 aromatic rings. The molecule has 0 atom stereocenters. The van der Waals surface area contributed by atoms with Crippen LogP contribution >= 0.6 is 11.6 Å². The summed E-state index contributed by atoms with van der Waals surface area (Å²) >= 11 is 5.81. The Bertz CT molecular complexity index is 664. The summed E-state index contributed by atoms with van der Waals surface area (Å²) in [7, 11) is 0. The van der Waals surface area contributed by atoms with E-state index in [0.29, 0.717) is 5.69 Å². The summed E-state index contributed by atoms with van der Waals surface area (Å²) in [6.07, 6.45) is 2.93. The first-order chi connectivity index (χ1) is 10.1. The lowest BCUT2D eigenvalue weighted by Gasteiger charge is -2.10. The van der Waals surface area contributed by atoms with Crippen molar-refractivity contribution in [3.8, 4) is 0 Å². The molecule has 0 saturated heterocycles. The van der Waals surface area contributed by atoms with Crippen molar-refractivity contribution in [1.29, 1.82) is 0 Å². The van der Waals surface area contributed by atoms with Crippen LogP contribution in [-0.2, 0) is 6.54 Å². The van der Waals surface area contributed by atoms with Crippen molar-refractivity contribution in [2.75, 3.05) is 5.32 Å². The van der Waals surface area contributed by atoms with Crippen LogP contribution < -0.4 is 10.6 Å². The molecule has 21 heavy (non-hydrogen) atoms. The highest BCUT2D eigenvalue weighted by molar-refractivity contribution is 6.34. The molecule has 7 nitrogen and oxygen atoms in total. The molecular weight excluding hydrogens is 296 g/mol. The van der Waals surface area contributed by atoms with Crippen molar-refractivity contribution >= 4 is 29.3 Å². The predicted octanol–water partition coefficient (Wildman–Crippen LogP) is 2.15. The molecule has 0 fully saturated rings. The average molecular weight is 307 g/mol. The van der Waals surface area contributed by atoms with Gasteiger partial charge in [-0.05, 0) is 18.2 Å². The highest BCUT2D eigenvalue weighted by Crippen LogP contribution is 2.24. The average Bonchev–Trinajstić information content (AvgIpc) is 2.46. The van der Waals surface area contributed by atoms with E-state index in [1.807, 2.05) is 0 Å². The molecule has 2 rings (SSSR count). The maximum atomic E-state index is 11.8. The second-order valence-corrected chi connectivity index (χ2v) is 4.38. The van der Waals surface area contributed by atoms with Crippen molar-refractivity contribution in [2.45, 2.75) is 6.54 Å². The summed E-state index contributed by atoms with van der Waals surface area (Å²) in [4.78, 5) is 30.6. The Morgan fingerprint density at radius 3 is 2.76 bits per heavy atom. The van der Waals surface area contributed by atoms with Crippen molar-refractivity contribution in [1.82, 2.24) is 15.3 Å². The van der Waals surface area contributed by atoms with Crippen LogP contribution in [0.1, 0.15) is 16.1 Å². The minimum atomic E-state index is -1.22. The minimum absolute atomic E-state index is 0.0519. The van der Waals surface area contributed by atoms with Crippen LogP contribution in [0.4, 0.5) is 10.5 Å². The lowest BCUT2D eigenvalue weighted by atomic mass is 10.2. The fourth-order valence-electron chi connectivity index (χ4n) is 1.61. The molecule has 1 heterocycles. The number of nitrogens with zero attached hydrogens (tertiary/aromatic N) is 2. The van der Waals surface area contributed by atoms with Crippen LogP contribution in [0.15, 0.2) is 36.8 Å². The van der Waals surface area contributed by atoms with E-state index < -0.39 is 12.0 Å². The van der Waals surface area contributed by atoms with Gasteiger partial charge >= 0.3 is 12.0 Å². The highest BCUT2D eigenvalue weighted by Gasteiger charge is 2.15. The van der Waals surface area contributed by atoms with Gasteiger partial charge in [-0.3, -0.25) is 0 Å². The van der Waals surface area contributed by atoms with Crippen LogP contribution in [0.3, 0.4) is 0 Å². The van der Waals surface area contributed by atoms with Gasteiger partial charge in [-0.2, -0.15) is 0 Å². The smallest absolute Gasteiger partial charge is 0.339 e. The lowest BCUT2D eigenvalue weighted by Crippen LogP contribution is -2.29. The number of halogens is 1. The number of aromatic nitrogens is 2. The maximum Gasteiger partial charge on any atom is 0.339 e. The van der Waals surface area contributed by atoms with Crippen molar-refractivity contribution in [2.24, 2.45) is 0 Å². The first-order valence-corrected chi connectivity index (χ1v) is 6.27. The molecule has 0 unspecified atom stereocenters. The number of carboxylic acids is 1. The number of urea groups is 1. The van der Waals surface area contributed by atoms with Gasteiger partial charge in [-0.15, -0.1) is 0 Å². The van der Waals surface area contributed by atoms with E-state index in [-0.39, 0.29) is 22.8 Å². The zero-order valence-electron chi connectivity index (χ0n) is 10.7. The van der Waals surface area contributed by atoms with E-state index >= 15 is 0 Å². The Kier molecular flexibility index (Phi) is 4.68. The molecule has 0 bridgehead atoms. The molecular formula is C13H11ClN4O3. The predicted molar refractivity (Wildman–Crippen MR) is 76.3 cm³/mol. The van der Waals surface area contributed by atoms with Crippen LogP contribution in [0, 0.1) is 0 Å². The fourth-order valence-corrected chi connectivity index (χ4v) is 1.86. The molecule has 0 aliphatic heterocycles. The Morgan fingerprint density at radius 1 is 1.29 bits per heavy atom. The molecule has 0 saturated carbocycles. The molecule has 0 aliphatic rings. The number of aromatic carboxylic acids is 1. The number of nitrogens with one attached hydrogen (secondary N) is 2. The van der Waals surface area contributed by atoms with Gasteiger partial charge in [0.2, 0.25) is 0 Å². The SMILES string of the molecule is O=C(NCc1ccncn1)Nc1cccc(Cl)c1C(=O)O. The van der Waals surface area contributed by atoms with E-state index in [1.165, 1.54) is 18.5 Å². The summed E-state index contributed by atoms with van der Waals surface area (Å²) in [5, 5.41) is 14.1. The van der Waals surface area contributed by atoms with Crippen LogP contribution in [0.2, 0.25) is 5.02 Å². The number of hydrogen-bond donors (Lipinski definition) is 3. The molecule has 8 heteroatoms. The molecule has 108 valence electrons. The topological polar surface area (TPSA) is 104 Å². The Labute approximate surface area is 125 Å². The first kappa shape index (κ1) is 14.7. The third-order valence-corrected chi connectivity index (χ3v) is 2.86. The summed E-state index contributed by atoms with van der Waals surface area (Å²) in [5.41, 5.74) is 0.594. The number of carboxylic acid groups (broad SMARTS) is 1. The first-order valence-electron chi connectivity index (χ1n) is 5.89. The zero-order chi connectivity index (χ0) is 15.2. The maximum absolute atomic E-state index is 11.8. The van der Waals surface area contributed by atoms with Gasteiger partial charge < -0.3 is 15.7 Å². The molecule has 0 aliphatic carbocycles. The van der Waals surface area contributed by atoms with Gasteiger partial charge in [0.15, 0.2) is 0 Å². The number of hydrogen-bond acceptors (Lipinski definition) is 4. The highest BCUT2D eigenvalue weighted by atomic mass is 35.5. The van der Waals surface area contributed by atoms with E-state index in [2.05, 4.69) is 20.6 Å². The number of benzene rings is 1. The van der Waals surface area contributed by atoms with Gasteiger partial charge in [-0.25, -0.2) is 19.6 Å². The van der Waals surface area contributed by atoms with Crippen LogP contribution in [0.5, 0.6) is 0 Å². The largest absolute Gasteiger partial charge is 0.478 e. The fraction of sp³-hybridized carbons (Fsp3) is 0.0769. The molecule has 3 N–H and O–H groups in total. The third-order valence-electron chi connectivity index (χ3n) is 2.55. The second-order valence-electron chi connectivity index (χ2n) is 3.98. The zero-order valence-corrected chi connectivity index (χ0v) is 11.5. The van der Waals surface area contributed by atoms with E-state index in [1.54, 1.807) is 18.3 Å². The van der Waals surface area contributed by atoms with Gasteiger partial charge in [0, 0.05) is 6.20 Å². The summed E-state index contributed by atoms with van der Waals surface area (Å²) in [6.45, 7) is 0.192. The molecule has 0 spiro atoms. The molecule has 2 amide bonds. The van der Waals surface area contributed by atoms with Gasteiger partial charge in [0.1, 0.15) is 11.9 Å². The number of anilines is 1. The van der Waals surface area contributed by atoms with Gasteiger partial charge in [0.25, 0.3) is 0 Å². The van der Waals surface area contributed by atoms with Crippen LogP contribution in [0.25, 0.3) is 0 Å². The Balaban J connectivity index is 2.03. The Morgan fingerprint density at radius 2 is 2.10 bits per heavy atom. The molecule has 0 radical (unpaired) electrons.